The van der Waals surface area contributed by atoms with Gasteiger partial charge in [0.15, 0.2) is 5.43 Å². The Labute approximate surface area is 89.8 Å². The molecular weight excluding hydrogens is 204 g/mol. The highest BCUT2D eigenvalue weighted by atomic mass is 16.1. The van der Waals surface area contributed by atoms with E-state index in [0.29, 0.717) is 10.9 Å². The molecule has 2 aromatic heterocycles. The van der Waals surface area contributed by atoms with Crippen LogP contribution in [0.15, 0.2) is 52.3 Å². The Kier molecular flexibility index (Phi) is 1.71. The van der Waals surface area contributed by atoms with Crippen LogP contribution in [0.25, 0.3) is 16.4 Å². The zero-order valence-corrected chi connectivity index (χ0v) is 8.31. The molecule has 0 atom stereocenters. The summed E-state index contributed by atoms with van der Waals surface area (Å²) in [5, 5.41) is 0.616. The Hall–Kier alpha value is -2.36. The maximum Gasteiger partial charge on any atom is 0.272 e. The molecule has 0 saturated carbocycles. The molecule has 1 aromatic carbocycles. The van der Waals surface area contributed by atoms with Crippen molar-refractivity contribution in [3.05, 3.63) is 63.3 Å². The van der Waals surface area contributed by atoms with Crippen molar-refractivity contribution in [3.63, 3.8) is 0 Å². The van der Waals surface area contributed by atoms with Gasteiger partial charge in [0.2, 0.25) is 0 Å². The number of nitrogens with one attached hydrogen (secondary N) is 1. The van der Waals surface area contributed by atoms with Crippen molar-refractivity contribution in [3.8, 4) is 0 Å². The maximum atomic E-state index is 11.8. The number of hydrogen-bond donors (Lipinski definition) is 1. The molecule has 1 N–H and O–H groups in total. The van der Waals surface area contributed by atoms with Gasteiger partial charge in [-0.1, -0.05) is 12.1 Å². The molecule has 2 heterocycles. The fourth-order valence-corrected chi connectivity index (χ4v) is 1.89. The average molecular weight is 212 g/mol. The zero-order valence-electron chi connectivity index (χ0n) is 8.31. The number of hydrogen-bond acceptors (Lipinski definition) is 2. The van der Waals surface area contributed by atoms with E-state index in [9.17, 15) is 9.59 Å². The number of nitrogens with zero attached hydrogens (tertiary/aromatic N) is 1. The number of aromatic amines is 1. The Morgan fingerprint density at radius 3 is 2.75 bits per heavy atom. The Bertz CT molecular complexity index is 794. The normalized spacial score (nSPS) is 11.0. The van der Waals surface area contributed by atoms with Gasteiger partial charge < -0.3 is 9.38 Å². The molecule has 0 bridgehead atoms. The van der Waals surface area contributed by atoms with Gasteiger partial charge in [-0.2, -0.15) is 0 Å². The second kappa shape index (κ2) is 3.06. The summed E-state index contributed by atoms with van der Waals surface area (Å²) in [6, 6.07) is 8.59. The van der Waals surface area contributed by atoms with Crippen LogP contribution in [0, 0.1) is 0 Å². The highest BCUT2D eigenvalue weighted by molar-refractivity contribution is 5.82. The summed E-state index contributed by atoms with van der Waals surface area (Å²) in [4.78, 5) is 25.9. The van der Waals surface area contributed by atoms with Crippen molar-refractivity contribution < 1.29 is 0 Å². The smallest absolute Gasteiger partial charge is 0.272 e. The molecule has 4 heteroatoms. The van der Waals surface area contributed by atoms with Crippen LogP contribution in [0.2, 0.25) is 0 Å². The lowest BCUT2D eigenvalue weighted by atomic mass is 10.2. The van der Waals surface area contributed by atoms with Crippen LogP contribution >= 0.6 is 0 Å². The molecule has 0 radical (unpaired) electrons. The maximum absolute atomic E-state index is 11.8. The molecule has 3 rings (SSSR count). The molecule has 0 aliphatic carbocycles. The number of para-hydroxylation sites is 1. The molecule has 4 nitrogen and oxygen atoms in total. The van der Waals surface area contributed by atoms with E-state index in [1.165, 1.54) is 6.07 Å². The molecule has 0 spiro atoms. The van der Waals surface area contributed by atoms with Crippen molar-refractivity contribution in [2.24, 2.45) is 0 Å². The molecule has 0 unspecified atom stereocenters. The molecule has 0 fully saturated rings. The monoisotopic (exact) mass is 212 g/mol. The van der Waals surface area contributed by atoms with Gasteiger partial charge in [0, 0.05) is 23.8 Å². The quantitative estimate of drug-likeness (QED) is 0.568. The first-order valence-corrected chi connectivity index (χ1v) is 4.89. The first-order chi connectivity index (χ1) is 7.77. The Morgan fingerprint density at radius 2 is 1.88 bits per heavy atom. The van der Waals surface area contributed by atoms with Gasteiger partial charge in [0.25, 0.3) is 5.56 Å². The lowest BCUT2D eigenvalue weighted by Gasteiger charge is -2.04. The van der Waals surface area contributed by atoms with Crippen LogP contribution in [-0.2, 0) is 0 Å². The van der Waals surface area contributed by atoms with Crippen molar-refractivity contribution in [1.29, 1.82) is 0 Å². The Balaban J connectivity index is 2.76. The lowest BCUT2D eigenvalue weighted by Crippen LogP contribution is -2.14. The first kappa shape index (κ1) is 8.91. The van der Waals surface area contributed by atoms with Crippen molar-refractivity contribution in [2.75, 3.05) is 0 Å². The summed E-state index contributed by atoms with van der Waals surface area (Å²) >= 11 is 0. The standard InChI is InChI=1S/C12H8N2O2/c15-11-7-10-12(16)13-5-6-14(10)9-4-2-1-3-8(9)11/h1-7H,(H,13,16). The van der Waals surface area contributed by atoms with Gasteiger partial charge in [0.1, 0.15) is 5.52 Å². The second-order valence-electron chi connectivity index (χ2n) is 3.57. The molecule has 16 heavy (non-hydrogen) atoms. The van der Waals surface area contributed by atoms with Crippen molar-refractivity contribution in [1.82, 2.24) is 9.38 Å². The van der Waals surface area contributed by atoms with Crippen LogP contribution in [0.1, 0.15) is 0 Å². The molecule has 0 amide bonds. The number of benzene rings is 1. The highest BCUT2D eigenvalue weighted by Crippen LogP contribution is 2.09. The summed E-state index contributed by atoms with van der Waals surface area (Å²) in [6.45, 7) is 0. The summed E-state index contributed by atoms with van der Waals surface area (Å²) in [6.07, 6.45) is 3.30. The topological polar surface area (TPSA) is 54.3 Å². The number of pyridine rings is 1. The molecule has 0 aliphatic rings. The van der Waals surface area contributed by atoms with E-state index in [4.69, 9.17) is 0 Å². The third kappa shape index (κ3) is 1.10. The summed E-state index contributed by atoms with van der Waals surface area (Å²) in [5.41, 5.74) is 0.722. The largest absolute Gasteiger partial charge is 0.326 e. The number of aromatic nitrogens is 2. The van der Waals surface area contributed by atoms with Crippen LogP contribution in [-0.4, -0.2) is 9.38 Å². The van der Waals surface area contributed by atoms with Crippen LogP contribution in [0.5, 0.6) is 0 Å². The van der Waals surface area contributed by atoms with Crippen molar-refractivity contribution in [2.45, 2.75) is 0 Å². The van der Waals surface area contributed by atoms with E-state index in [-0.39, 0.29) is 11.0 Å². The summed E-state index contributed by atoms with van der Waals surface area (Å²) < 4.78 is 1.72. The number of H-pyrrole nitrogens is 1. The van der Waals surface area contributed by atoms with Gasteiger partial charge in [0.05, 0.1) is 5.52 Å². The SMILES string of the molecule is O=c1cc2c(=O)[nH]ccn2c2ccccc12. The molecule has 0 saturated heterocycles. The molecule has 78 valence electrons. The molecule has 3 aromatic rings. The van der Waals surface area contributed by atoms with E-state index in [1.807, 2.05) is 18.2 Å². The molecular formula is C12H8N2O2. The minimum absolute atomic E-state index is 0.132. The third-order valence-corrected chi connectivity index (χ3v) is 2.63. The van der Waals surface area contributed by atoms with Crippen molar-refractivity contribution >= 4 is 16.4 Å². The van der Waals surface area contributed by atoms with E-state index in [1.54, 1.807) is 22.9 Å². The van der Waals surface area contributed by atoms with E-state index in [0.717, 1.165) is 5.52 Å². The number of rotatable bonds is 0. The van der Waals surface area contributed by atoms with Crippen LogP contribution < -0.4 is 11.0 Å². The fraction of sp³-hybridized carbons (Fsp3) is 0. The predicted octanol–water partition coefficient (Wildman–Crippen LogP) is 1.14. The first-order valence-electron chi connectivity index (χ1n) is 4.89. The number of fused-ring (bicyclic) bond motifs is 3. The minimum Gasteiger partial charge on any atom is -0.326 e. The van der Waals surface area contributed by atoms with Gasteiger partial charge in [-0.15, -0.1) is 0 Å². The van der Waals surface area contributed by atoms with E-state index >= 15 is 0 Å². The van der Waals surface area contributed by atoms with E-state index < -0.39 is 0 Å². The summed E-state index contributed by atoms with van der Waals surface area (Å²) in [5.74, 6) is 0. The fourth-order valence-electron chi connectivity index (χ4n) is 1.89. The van der Waals surface area contributed by atoms with Crippen LogP contribution in [0.4, 0.5) is 0 Å². The third-order valence-electron chi connectivity index (χ3n) is 2.63. The molecule has 0 aliphatic heterocycles. The predicted molar refractivity (Wildman–Crippen MR) is 61.8 cm³/mol. The van der Waals surface area contributed by atoms with Gasteiger partial charge in [-0.3, -0.25) is 9.59 Å². The zero-order chi connectivity index (χ0) is 11.1. The lowest BCUT2D eigenvalue weighted by molar-refractivity contribution is 1.12. The summed E-state index contributed by atoms with van der Waals surface area (Å²) in [7, 11) is 0. The van der Waals surface area contributed by atoms with Gasteiger partial charge in [-0.05, 0) is 12.1 Å². The highest BCUT2D eigenvalue weighted by Gasteiger charge is 2.04. The van der Waals surface area contributed by atoms with Gasteiger partial charge in [-0.25, -0.2) is 0 Å². The average Bonchev–Trinajstić information content (AvgIpc) is 2.31. The van der Waals surface area contributed by atoms with Crippen LogP contribution in [0.3, 0.4) is 0 Å². The minimum atomic E-state index is -0.259. The van der Waals surface area contributed by atoms with Gasteiger partial charge >= 0.3 is 0 Å². The van der Waals surface area contributed by atoms with E-state index in [2.05, 4.69) is 4.98 Å². The Morgan fingerprint density at radius 1 is 1.06 bits per heavy atom. The second-order valence-corrected chi connectivity index (χ2v) is 3.57.